The Hall–Kier alpha value is -4.04. The van der Waals surface area contributed by atoms with E-state index in [0.717, 1.165) is 29.2 Å². The maximum Gasteiger partial charge on any atom is 0.433 e. The van der Waals surface area contributed by atoms with Gasteiger partial charge >= 0.3 is 18.4 Å². The Kier molecular flexibility index (Phi) is 7.84. The smallest absolute Gasteiger partial charge is 0.433 e. The van der Waals surface area contributed by atoms with Gasteiger partial charge in [-0.25, -0.2) is 13.6 Å². The molecule has 0 spiro atoms. The van der Waals surface area contributed by atoms with E-state index in [0.29, 0.717) is 12.3 Å². The number of pyridine rings is 1. The summed E-state index contributed by atoms with van der Waals surface area (Å²) in [5, 5.41) is 2.12. The lowest BCUT2D eigenvalue weighted by molar-refractivity contribution is -0.196. The highest BCUT2D eigenvalue weighted by Gasteiger charge is 2.48. The molecule has 1 unspecified atom stereocenters. The van der Waals surface area contributed by atoms with Crippen molar-refractivity contribution in [3.8, 4) is 5.75 Å². The zero-order chi connectivity index (χ0) is 31.3. The summed E-state index contributed by atoms with van der Waals surface area (Å²) < 4.78 is 115. The Morgan fingerprint density at radius 1 is 1.12 bits per heavy atom. The molecule has 1 aliphatic heterocycles. The van der Waals surface area contributed by atoms with Gasteiger partial charge in [0.1, 0.15) is 22.7 Å². The summed E-state index contributed by atoms with van der Waals surface area (Å²) in [4.78, 5) is 29.2. The molecule has 2 aromatic heterocycles. The lowest BCUT2D eigenvalue weighted by Gasteiger charge is -2.38. The SMILES string of the molecule is Cc1oc2ccc(OC(F)(F)c3cccnc3C(F)(F)F)cc2c1C(=O)NC1CCN(C(=O)OC(C)(C)C)CC1(F)F. The van der Waals surface area contributed by atoms with Crippen LogP contribution >= 0.6 is 0 Å². The van der Waals surface area contributed by atoms with Crippen LogP contribution in [-0.4, -0.2) is 52.5 Å². The van der Waals surface area contributed by atoms with Crippen molar-refractivity contribution in [2.75, 3.05) is 13.1 Å². The fourth-order valence-electron chi connectivity index (χ4n) is 4.44. The number of piperidine rings is 1. The van der Waals surface area contributed by atoms with Gasteiger partial charge in [0.2, 0.25) is 0 Å². The number of nitrogens with zero attached hydrogens (tertiary/aromatic N) is 2. The van der Waals surface area contributed by atoms with Crippen molar-refractivity contribution in [1.29, 1.82) is 0 Å². The van der Waals surface area contributed by atoms with E-state index in [1.54, 1.807) is 20.8 Å². The molecule has 0 aliphatic carbocycles. The zero-order valence-corrected chi connectivity index (χ0v) is 22.7. The average Bonchev–Trinajstić information content (AvgIpc) is 3.18. The number of fused-ring (bicyclic) bond motifs is 1. The quantitative estimate of drug-likeness (QED) is 0.327. The molecule has 2 amide bonds. The summed E-state index contributed by atoms with van der Waals surface area (Å²) in [6.45, 7) is 4.96. The van der Waals surface area contributed by atoms with E-state index < -0.39 is 65.4 Å². The molecule has 3 aromatic rings. The fraction of sp³-hybridized carbons (Fsp3) is 0.444. The average molecular weight is 606 g/mol. The summed E-state index contributed by atoms with van der Waals surface area (Å²) in [6.07, 6.45) is -10.2. The summed E-state index contributed by atoms with van der Waals surface area (Å²) in [5.41, 5.74) is -4.52. The van der Waals surface area contributed by atoms with Gasteiger partial charge in [0.05, 0.1) is 23.7 Å². The van der Waals surface area contributed by atoms with Gasteiger partial charge in [-0.05, 0) is 64.4 Å². The highest BCUT2D eigenvalue weighted by Crippen LogP contribution is 2.40. The first-order valence-electron chi connectivity index (χ1n) is 12.6. The third-order valence-electron chi connectivity index (χ3n) is 6.25. The van der Waals surface area contributed by atoms with E-state index in [1.807, 2.05) is 0 Å². The number of ether oxygens (including phenoxy) is 2. The van der Waals surface area contributed by atoms with Gasteiger partial charge in [0, 0.05) is 18.1 Å². The first-order valence-corrected chi connectivity index (χ1v) is 12.6. The summed E-state index contributed by atoms with van der Waals surface area (Å²) in [5.74, 6) is -5.23. The Labute approximate surface area is 234 Å². The van der Waals surface area contributed by atoms with Crippen molar-refractivity contribution >= 4 is 23.0 Å². The number of carbonyl (C=O) groups is 2. The monoisotopic (exact) mass is 605 g/mol. The number of aromatic nitrogens is 1. The van der Waals surface area contributed by atoms with Gasteiger partial charge in [0.25, 0.3) is 11.8 Å². The topological polar surface area (TPSA) is 93.9 Å². The van der Waals surface area contributed by atoms with Crippen molar-refractivity contribution < 1.29 is 54.2 Å². The van der Waals surface area contributed by atoms with E-state index in [1.165, 1.54) is 6.92 Å². The van der Waals surface area contributed by atoms with Crippen molar-refractivity contribution in [3.63, 3.8) is 0 Å². The predicted octanol–water partition coefficient (Wildman–Crippen LogP) is 6.66. The van der Waals surface area contributed by atoms with Crippen LogP contribution in [0.2, 0.25) is 0 Å². The minimum absolute atomic E-state index is 0.0113. The first-order chi connectivity index (χ1) is 19.3. The fourth-order valence-corrected chi connectivity index (χ4v) is 4.44. The van der Waals surface area contributed by atoms with Crippen molar-refractivity contribution in [2.45, 2.75) is 64.0 Å². The number of alkyl halides is 7. The summed E-state index contributed by atoms with van der Waals surface area (Å²) in [7, 11) is 0. The molecule has 1 aliphatic rings. The molecule has 3 heterocycles. The van der Waals surface area contributed by atoms with Crippen LogP contribution in [-0.2, 0) is 17.0 Å². The Morgan fingerprint density at radius 3 is 2.43 bits per heavy atom. The van der Waals surface area contributed by atoms with Gasteiger partial charge in [0.15, 0.2) is 5.69 Å². The van der Waals surface area contributed by atoms with Crippen LogP contribution in [0.1, 0.15) is 54.6 Å². The summed E-state index contributed by atoms with van der Waals surface area (Å²) in [6, 6.07) is 2.78. The number of carbonyl (C=O) groups excluding carboxylic acids is 2. The second kappa shape index (κ2) is 10.7. The molecule has 8 nitrogen and oxygen atoms in total. The van der Waals surface area contributed by atoms with E-state index in [9.17, 15) is 40.3 Å². The molecule has 0 bridgehead atoms. The Balaban J connectivity index is 1.56. The zero-order valence-electron chi connectivity index (χ0n) is 22.7. The van der Waals surface area contributed by atoms with E-state index in [4.69, 9.17) is 9.15 Å². The molecule has 1 atom stereocenters. The van der Waals surface area contributed by atoms with Crippen LogP contribution in [0.3, 0.4) is 0 Å². The lowest BCUT2D eigenvalue weighted by Crippen LogP contribution is -2.59. The normalized spacial score (nSPS) is 17.7. The molecule has 15 heteroatoms. The number of rotatable bonds is 5. The molecule has 0 saturated carbocycles. The van der Waals surface area contributed by atoms with Gasteiger partial charge < -0.3 is 24.1 Å². The number of aryl methyl sites for hydroxylation is 1. The molecule has 1 fully saturated rings. The molecule has 42 heavy (non-hydrogen) atoms. The summed E-state index contributed by atoms with van der Waals surface area (Å²) >= 11 is 0. The highest BCUT2D eigenvalue weighted by atomic mass is 19.4. The molecule has 1 saturated heterocycles. The predicted molar refractivity (Wildman–Crippen MR) is 133 cm³/mol. The number of likely N-dealkylation sites (tertiary alicyclic amines) is 1. The molecule has 1 N–H and O–H groups in total. The van der Waals surface area contributed by atoms with Gasteiger partial charge in [-0.3, -0.25) is 9.78 Å². The number of halogens is 7. The van der Waals surface area contributed by atoms with E-state index in [-0.39, 0.29) is 35.3 Å². The number of benzene rings is 1. The Morgan fingerprint density at radius 2 is 1.81 bits per heavy atom. The van der Waals surface area contributed by atoms with Crippen LogP contribution in [0.4, 0.5) is 35.5 Å². The van der Waals surface area contributed by atoms with Gasteiger partial charge in [-0.2, -0.15) is 22.0 Å². The molecule has 0 radical (unpaired) electrons. The standard InChI is InChI=1S/C27H26F7N3O5/c1-14-20(22(38)36-19-9-11-37(13-25(19,28)29)23(39)42-24(2,3)4)16-12-15(7-8-18(16)40-14)41-27(33,34)17-6-5-10-35-21(17)26(30,31)32/h5-8,10,12,19H,9,11,13H2,1-4H3,(H,36,38). The number of nitrogens with one attached hydrogen (secondary N) is 1. The third kappa shape index (κ3) is 6.54. The molecular weight excluding hydrogens is 579 g/mol. The Bertz CT molecular complexity index is 1500. The first kappa shape index (κ1) is 30.9. The van der Waals surface area contributed by atoms with Gasteiger partial charge in [-0.1, -0.05) is 0 Å². The van der Waals surface area contributed by atoms with Crippen LogP contribution < -0.4 is 10.1 Å². The number of hydrogen-bond acceptors (Lipinski definition) is 6. The molecular formula is C27H26F7N3O5. The van der Waals surface area contributed by atoms with Crippen LogP contribution in [0, 0.1) is 6.92 Å². The maximum absolute atomic E-state index is 15.0. The minimum Gasteiger partial charge on any atom is -0.461 e. The lowest BCUT2D eigenvalue weighted by atomic mass is 10.00. The second-order valence-electron chi connectivity index (χ2n) is 10.7. The second-order valence-corrected chi connectivity index (χ2v) is 10.7. The van der Waals surface area contributed by atoms with Gasteiger partial charge in [-0.15, -0.1) is 0 Å². The van der Waals surface area contributed by atoms with E-state index >= 15 is 0 Å². The number of furan rings is 1. The third-order valence-corrected chi connectivity index (χ3v) is 6.25. The molecule has 228 valence electrons. The van der Waals surface area contributed by atoms with Crippen LogP contribution in [0.25, 0.3) is 11.0 Å². The van der Waals surface area contributed by atoms with Crippen LogP contribution in [0.5, 0.6) is 5.75 Å². The van der Waals surface area contributed by atoms with E-state index in [2.05, 4.69) is 15.0 Å². The highest BCUT2D eigenvalue weighted by molar-refractivity contribution is 6.07. The maximum atomic E-state index is 15.0. The van der Waals surface area contributed by atoms with Crippen molar-refractivity contribution in [3.05, 3.63) is 59.1 Å². The molecule has 1 aromatic carbocycles. The number of amides is 2. The van der Waals surface area contributed by atoms with Crippen LogP contribution in [0.15, 0.2) is 40.9 Å². The minimum atomic E-state index is -5.19. The van der Waals surface area contributed by atoms with Crippen molar-refractivity contribution in [2.24, 2.45) is 0 Å². The molecule has 4 rings (SSSR count). The number of hydrogen-bond donors (Lipinski definition) is 1. The largest absolute Gasteiger partial charge is 0.461 e. The van der Waals surface area contributed by atoms with Crippen molar-refractivity contribution in [1.82, 2.24) is 15.2 Å².